The van der Waals surface area contributed by atoms with Crippen molar-refractivity contribution in [1.82, 2.24) is 0 Å². The largest absolute Gasteiger partial charge is 0.494 e. The van der Waals surface area contributed by atoms with Gasteiger partial charge in [0.1, 0.15) is 11.5 Å². The van der Waals surface area contributed by atoms with Crippen molar-refractivity contribution in [3.63, 3.8) is 0 Å². The third kappa shape index (κ3) is 4.25. The smallest absolute Gasteiger partial charge is 0.227 e. The molecular formula is C17H23NO3. The molecule has 0 saturated carbocycles. The van der Waals surface area contributed by atoms with Crippen molar-refractivity contribution in [2.45, 2.75) is 33.1 Å². The fourth-order valence-corrected chi connectivity index (χ4v) is 2.41. The minimum absolute atomic E-state index is 0.0419. The summed E-state index contributed by atoms with van der Waals surface area (Å²) in [5, 5.41) is 2.99. The van der Waals surface area contributed by atoms with E-state index in [0.717, 1.165) is 25.0 Å². The van der Waals surface area contributed by atoms with Crippen molar-refractivity contribution in [1.29, 1.82) is 0 Å². The fraction of sp³-hybridized carbons (Fsp3) is 0.471. The topological polar surface area (TPSA) is 47.6 Å². The van der Waals surface area contributed by atoms with Gasteiger partial charge in [0.15, 0.2) is 0 Å². The lowest BCUT2D eigenvalue weighted by Gasteiger charge is -2.19. The van der Waals surface area contributed by atoms with Crippen LogP contribution in [0.2, 0.25) is 0 Å². The van der Waals surface area contributed by atoms with Gasteiger partial charge in [0.2, 0.25) is 5.91 Å². The molecule has 114 valence electrons. The Bertz CT molecular complexity index is 511. The number of amides is 1. The van der Waals surface area contributed by atoms with Gasteiger partial charge in [-0.1, -0.05) is 12.2 Å². The minimum atomic E-state index is 0.0419. The Morgan fingerprint density at radius 3 is 2.71 bits per heavy atom. The quantitative estimate of drug-likeness (QED) is 0.811. The fourth-order valence-electron chi connectivity index (χ4n) is 2.41. The summed E-state index contributed by atoms with van der Waals surface area (Å²) in [6.07, 6.45) is 6.88. The summed E-state index contributed by atoms with van der Waals surface area (Å²) in [4.78, 5) is 12.4. The van der Waals surface area contributed by atoms with Crippen LogP contribution in [-0.2, 0) is 4.79 Å². The third-order valence-corrected chi connectivity index (χ3v) is 3.46. The number of carbonyl (C=O) groups excluding carboxylic acids is 1. The van der Waals surface area contributed by atoms with Crippen LogP contribution in [0.5, 0.6) is 11.5 Å². The second-order valence-electron chi connectivity index (χ2n) is 4.99. The molecule has 4 heteroatoms. The summed E-state index contributed by atoms with van der Waals surface area (Å²) < 4.78 is 11.1. The highest BCUT2D eigenvalue weighted by Crippen LogP contribution is 2.30. The molecule has 1 aromatic rings. The maximum Gasteiger partial charge on any atom is 0.227 e. The Hall–Kier alpha value is -1.97. The van der Waals surface area contributed by atoms with E-state index >= 15 is 0 Å². The average molecular weight is 289 g/mol. The van der Waals surface area contributed by atoms with Gasteiger partial charge >= 0.3 is 0 Å². The molecule has 21 heavy (non-hydrogen) atoms. The maximum absolute atomic E-state index is 12.4. The predicted molar refractivity (Wildman–Crippen MR) is 83.9 cm³/mol. The van der Waals surface area contributed by atoms with Crippen molar-refractivity contribution < 1.29 is 14.3 Å². The van der Waals surface area contributed by atoms with E-state index in [1.807, 2.05) is 32.0 Å². The molecular weight excluding hydrogens is 266 g/mol. The highest BCUT2D eigenvalue weighted by molar-refractivity contribution is 5.94. The van der Waals surface area contributed by atoms with E-state index in [1.165, 1.54) is 0 Å². The van der Waals surface area contributed by atoms with Crippen LogP contribution in [0.15, 0.2) is 30.4 Å². The standard InChI is InChI=1S/C17H23NO3/c1-3-20-14-10-11-16(21-4-2)15(12-14)18-17(19)13-8-6-5-7-9-13/h5-6,10-13H,3-4,7-9H2,1-2H3,(H,18,19)/t13-/m1/s1. The Morgan fingerprint density at radius 2 is 2.05 bits per heavy atom. The van der Waals surface area contributed by atoms with Crippen molar-refractivity contribution >= 4 is 11.6 Å². The molecule has 1 amide bonds. The first-order chi connectivity index (χ1) is 10.2. The van der Waals surface area contributed by atoms with E-state index in [2.05, 4.69) is 17.5 Å². The number of ether oxygens (including phenoxy) is 2. The number of benzene rings is 1. The average Bonchev–Trinajstić information content (AvgIpc) is 2.51. The molecule has 0 aromatic heterocycles. The SMILES string of the molecule is CCOc1ccc(OCC)c(NC(=O)[C@@H]2CC=CCC2)c1. The van der Waals surface area contributed by atoms with Gasteiger partial charge in [-0.25, -0.2) is 0 Å². The van der Waals surface area contributed by atoms with Crippen LogP contribution < -0.4 is 14.8 Å². The number of hydrogen-bond donors (Lipinski definition) is 1. The second kappa shape index (κ2) is 7.72. The van der Waals surface area contributed by atoms with Crippen molar-refractivity contribution in [2.24, 2.45) is 5.92 Å². The van der Waals surface area contributed by atoms with Gasteiger partial charge in [0.05, 0.1) is 18.9 Å². The van der Waals surface area contributed by atoms with Crippen molar-refractivity contribution in [3.05, 3.63) is 30.4 Å². The Labute approximate surface area is 126 Å². The van der Waals surface area contributed by atoms with Gasteiger partial charge in [-0.05, 0) is 45.2 Å². The molecule has 0 fully saturated rings. The third-order valence-electron chi connectivity index (χ3n) is 3.46. The van der Waals surface area contributed by atoms with Crippen LogP contribution in [0.25, 0.3) is 0 Å². The lowest BCUT2D eigenvalue weighted by Crippen LogP contribution is -2.23. The van der Waals surface area contributed by atoms with Crippen molar-refractivity contribution in [3.8, 4) is 11.5 Å². The lowest BCUT2D eigenvalue weighted by molar-refractivity contribution is -0.120. The van der Waals surface area contributed by atoms with E-state index in [4.69, 9.17) is 9.47 Å². The van der Waals surface area contributed by atoms with Gasteiger partial charge < -0.3 is 14.8 Å². The lowest BCUT2D eigenvalue weighted by atomic mass is 9.93. The summed E-state index contributed by atoms with van der Waals surface area (Å²) in [5.74, 6) is 1.51. The van der Waals surface area contributed by atoms with Crippen LogP contribution in [-0.4, -0.2) is 19.1 Å². The molecule has 0 saturated heterocycles. The molecule has 1 aliphatic rings. The Kier molecular flexibility index (Phi) is 5.67. The highest BCUT2D eigenvalue weighted by Gasteiger charge is 2.20. The van der Waals surface area contributed by atoms with Crippen molar-refractivity contribution in [2.75, 3.05) is 18.5 Å². The monoisotopic (exact) mass is 289 g/mol. The molecule has 0 unspecified atom stereocenters. The minimum Gasteiger partial charge on any atom is -0.494 e. The Balaban J connectivity index is 2.13. The maximum atomic E-state index is 12.4. The number of nitrogens with one attached hydrogen (secondary N) is 1. The normalized spacial score (nSPS) is 17.3. The molecule has 1 atom stereocenters. The predicted octanol–water partition coefficient (Wildman–Crippen LogP) is 3.78. The number of rotatable bonds is 6. The van der Waals surface area contributed by atoms with Gasteiger partial charge in [-0.3, -0.25) is 4.79 Å². The molecule has 2 rings (SSSR count). The molecule has 0 radical (unpaired) electrons. The number of anilines is 1. The Morgan fingerprint density at radius 1 is 1.24 bits per heavy atom. The molecule has 0 bridgehead atoms. The molecule has 1 N–H and O–H groups in total. The second-order valence-corrected chi connectivity index (χ2v) is 4.99. The van der Waals surface area contributed by atoms with E-state index in [1.54, 1.807) is 0 Å². The van der Waals surface area contributed by atoms with E-state index in [0.29, 0.717) is 24.7 Å². The summed E-state index contributed by atoms with van der Waals surface area (Å²) in [6.45, 7) is 5.01. The van der Waals surface area contributed by atoms with E-state index in [9.17, 15) is 4.79 Å². The molecule has 1 aliphatic carbocycles. The van der Waals surface area contributed by atoms with Crippen LogP contribution in [0.1, 0.15) is 33.1 Å². The summed E-state index contributed by atoms with van der Waals surface area (Å²) >= 11 is 0. The number of allylic oxidation sites excluding steroid dienone is 2. The summed E-state index contributed by atoms with van der Waals surface area (Å²) in [6, 6.07) is 5.52. The molecule has 0 spiro atoms. The first kappa shape index (κ1) is 15.4. The number of carbonyl (C=O) groups is 1. The zero-order valence-corrected chi connectivity index (χ0v) is 12.7. The first-order valence-corrected chi connectivity index (χ1v) is 7.60. The van der Waals surface area contributed by atoms with Crippen LogP contribution in [0, 0.1) is 5.92 Å². The van der Waals surface area contributed by atoms with E-state index in [-0.39, 0.29) is 11.8 Å². The molecule has 1 aromatic carbocycles. The first-order valence-electron chi connectivity index (χ1n) is 7.60. The van der Waals surface area contributed by atoms with Crippen LogP contribution in [0.4, 0.5) is 5.69 Å². The zero-order chi connectivity index (χ0) is 15.1. The molecule has 0 heterocycles. The van der Waals surface area contributed by atoms with Gasteiger partial charge in [-0.2, -0.15) is 0 Å². The molecule has 4 nitrogen and oxygen atoms in total. The van der Waals surface area contributed by atoms with Crippen LogP contribution in [0.3, 0.4) is 0 Å². The highest BCUT2D eigenvalue weighted by atomic mass is 16.5. The van der Waals surface area contributed by atoms with Crippen LogP contribution >= 0.6 is 0 Å². The van der Waals surface area contributed by atoms with Gasteiger partial charge in [0.25, 0.3) is 0 Å². The zero-order valence-electron chi connectivity index (χ0n) is 12.7. The van der Waals surface area contributed by atoms with E-state index < -0.39 is 0 Å². The van der Waals surface area contributed by atoms with Gasteiger partial charge in [0, 0.05) is 12.0 Å². The van der Waals surface area contributed by atoms with Gasteiger partial charge in [-0.15, -0.1) is 0 Å². The summed E-state index contributed by atoms with van der Waals surface area (Å²) in [5.41, 5.74) is 0.683. The number of hydrogen-bond acceptors (Lipinski definition) is 3. The molecule has 0 aliphatic heterocycles. The summed E-state index contributed by atoms with van der Waals surface area (Å²) in [7, 11) is 0.